The van der Waals surface area contributed by atoms with E-state index in [1.165, 1.54) is 5.56 Å². The molecular weight excluding hydrogens is 382 g/mol. The van der Waals surface area contributed by atoms with Crippen molar-refractivity contribution in [2.45, 2.75) is 46.1 Å². The summed E-state index contributed by atoms with van der Waals surface area (Å²) in [5.41, 5.74) is 1.19. The molecule has 0 fully saturated rings. The van der Waals surface area contributed by atoms with Gasteiger partial charge in [0.15, 0.2) is 11.8 Å². The standard InChI is InChI=1S/C18H26BrN5O/c1-5-20-18(22-13(4)14-8-6-7-9-15(14)19)21-11-10-16-23-17(12(2)3)24-25-16/h6-9,12-13H,5,10-11H2,1-4H3,(H2,20,21,22). The van der Waals surface area contributed by atoms with Crippen LogP contribution in [0.15, 0.2) is 38.3 Å². The second-order valence-electron chi connectivity index (χ2n) is 6.10. The van der Waals surface area contributed by atoms with Crippen molar-refractivity contribution in [1.82, 2.24) is 20.8 Å². The normalized spacial score (nSPS) is 13.1. The first-order valence-electron chi connectivity index (χ1n) is 8.63. The summed E-state index contributed by atoms with van der Waals surface area (Å²) in [4.78, 5) is 8.99. The van der Waals surface area contributed by atoms with Gasteiger partial charge in [-0.25, -0.2) is 0 Å². The minimum Gasteiger partial charge on any atom is -0.357 e. The summed E-state index contributed by atoms with van der Waals surface area (Å²) in [6, 6.07) is 8.31. The lowest BCUT2D eigenvalue weighted by atomic mass is 10.1. The van der Waals surface area contributed by atoms with Crippen molar-refractivity contribution in [3.8, 4) is 0 Å². The number of nitrogens with zero attached hydrogens (tertiary/aromatic N) is 3. The van der Waals surface area contributed by atoms with Crippen molar-refractivity contribution in [2.75, 3.05) is 13.1 Å². The highest BCUT2D eigenvalue weighted by molar-refractivity contribution is 9.10. The lowest BCUT2D eigenvalue weighted by molar-refractivity contribution is 0.372. The molecule has 25 heavy (non-hydrogen) atoms. The van der Waals surface area contributed by atoms with Gasteiger partial charge in [0.05, 0.1) is 12.6 Å². The third-order valence-electron chi connectivity index (χ3n) is 3.66. The van der Waals surface area contributed by atoms with Gasteiger partial charge in [0.2, 0.25) is 5.89 Å². The number of rotatable bonds is 7. The van der Waals surface area contributed by atoms with Crippen molar-refractivity contribution < 1.29 is 4.52 Å². The Morgan fingerprint density at radius 2 is 2.04 bits per heavy atom. The molecule has 1 heterocycles. The molecule has 0 aliphatic heterocycles. The summed E-state index contributed by atoms with van der Waals surface area (Å²) in [6.45, 7) is 9.63. The van der Waals surface area contributed by atoms with Crippen LogP contribution in [0, 0.1) is 0 Å². The minimum absolute atomic E-state index is 0.129. The Morgan fingerprint density at radius 1 is 1.28 bits per heavy atom. The van der Waals surface area contributed by atoms with Crippen molar-refractivity contribution in [1.29, 1.82) is 0 Å². The Bertz CT molecular complexity index is 698. The second-order valence-corrected chi connectivity index (χ2v) is 6.95. The van der Waals surface area contributed by atoms with Gasteiger partial charge in [-0.2, -0.15) is 4.98 Å². The molecule has 0 saturated carbocycles. The van der Waals surface area contributed by atoms with E-state index in [-0.39, 0.29) is 12.0 Å². The maximum atomic E-state index is 5.26. The predicted molar refractivity (Wildman–Crippen MR) is 104 cm³/mol. The van der Waals surface area contributed by atoms with Gasteiger partial charge in [0.1, 0.15) is 0 Å². The van der Waals surface area contributed by atoms with Crippen LogP contribution in [0.1, 0.15) is 56.9 Å². The van der Waals surface area contributed by atoms with Gasteiger partial charge in [-0.15, -0.1) is 0 Å². The molecule has 1 aromatic heterocycles. The van der Waals surface area contributed by atoms with Crippen molar-refractivity contribution in [3.05, 3.63) is 46.0 Å². The number of halogens is 1. The molecule has 136 valence electrons. The van der Waals surface area contributed by atoms with E-state index < -0.39 is 0 Å². The maximum Gasteiger partial charge on any atom is 0.228 e. The summed E-state index contributed by atoms with van der Waals surface area (Å²) >= 11 is 3.60. The number of nitrogens with one attached hydrogen (secondary N) is 2. The average molecular weight is 408 g/mol. The van der Waals surface area contributed by atoms with Crippen LogP contribution < -0.4 is 10.6 Å². The molecule has 0 aliphatic rings. The van der Waals surface area contributed by atoms with Gasteiger partial charge < -0.3 is 15.2 Å². The van der Waals surface area contributed by atoms with E-state index in [1.54, 1.807) is 0 Å². The predicted octanol–water partition coefficient (Wildman–Crippen LogP) is 3.81. The van der Waals surface area contributed by atoms with E-state index in [4.69, 9.17) is 4.52 Å². The average Bonchev–Trinajstić information content (AvgIpc) is 3.04. The van der Waals surface area contributed by atoms with Gasteiger partial charge in [-0.1, -0.05) is 53.1 Å². The molecule has 2 aromatic rings. The quantitative estimate of drug-likeness (QED) is 0.538. The Hall–Kier alpha value is -1.89. The Kier molecular flexibility index (Phi) is 7.43. The lowest BCUT2D eigenvalue weighted by Crippen LogP contribution is -2.39. The van der Waals surface area contributed by atoms with Crippen molar-refractivity contribution in [2.24, 2.45) is 4.99 Å². The van der Waals surface area contributed by atoms with Gasteiger partial charge in [0.25, 0.3) is 0 Å². The summed E-state index contributed by atoms with van der Waals surface area (Å²) in [6.07, 6.45) is 0.625. The lowest BCUT2D eigenvalue weighted by Gasteiger charge is -2.19. The largest absolute Gasteiger partial charge is 0.357 e. The summed E-state index contributed by atoms with van der Waals surface area (Å²) in [5.74, 6) is 2.41. The van der Waals surface area contributed by atoms with Crippen molar-refractivity contribution >= 4 is 21.9 Å². The monoisotopic (exact) mass is 407 g/mol. The fourth-order valence-electron chi connectivity index (χ4n) is 2.30. The Balaban J connectivity index is 1.96. The molecular formula is C18H26BrN5O. The molecule has 6 nitrogen and oxygen atoms in total. The first-order chi connectivity index (χ1) is 12.0. The topological polar surface area (TPSA) is 75.3 Å². The van der Waals surface area contributed by atoms with Crippen LogP contribution >= 0.6 is 15.9 Å². The molecule has 7 heteroatoms. The fraction of sp³-hybridized carbons (Fsp3) is 0.500. The van der Waals surface area contributed by atoms with Crippen molar-refractivity contribution in [3.63, 3.8) is 0 Å². The van der Waals surface area contributed by atoms with Gasteiger partial charge in [0, 0.05) is 23.4 Å². The molecule has 0 bridgehead atoms. The molecule has 2 rings (SSSR count). The van der Waals surface area contributed by atoms with E-state index >= 15 is 0 Å². The molecule has 2 N–H and O–H groups in total. The van der Waals surface area contributed by atoms with Crippen LogP contribution in [0.2, 0.25) is 0 Å². The zero-order valence-corrected chi connectivity index (χ0v) is 16.8. The SMILES string of the molecule is CCNC(=NCCc1nc(C(C)C)no1)NC(C)c1ccccc1Br. The highest BCUT2D eigenvalue weighted by atomic mass is 79.9. The zero-order chi connectivity index (χ0) is 18.2. The zero-order valence-electron chi connectivity index (χ0n) is 15.2. The van der Waals surface area contributed by atoms with Crippen LogP contribution in [0.4, 0.5) is 0 Å². The second kappa shape index (κ2) is 9.56. The highest BCUT2D eigenvalue weighted by Crippen LogP contribution is 2.22. The number of hydrogen-bond acceptors (Lipinski definition) is 4. The number of hydrogen-bond donors (Lipinski definition) is 2. The first kappa shape index (κ1) is 19.4. The van der Waals surface area contributed by atoms with Crippen LogP contribution in [-0.2, 0) is 6.42 Å². The van der Waals surface area contributed by atoms with Gasteiger partial charge in [-0.05, 0) is 25.5 Å². The number of aliphatic imine (C=N–C) groups is 1. The van der Waals surface area contributed by atoms with E-state index in [2.05, 4.69) is 54.7 Å². The molecule has 0 saturated heterocycles. The highest BCUT2D eigenvalue weighted by Gasteiger charge is 2.11. The molecule has 0 radical (unpaired) electrons. The molecule has 1 unspecified atom stereocenters. The third kappa shape index (κ3) is 5.85. The molecule has 1 aromatic carbocycles. The summed E-state index contributed by atoms with van der Waals surface area (Å²) < 4.78 is 6.34. The van der Waals surface area contributed by atoms with E-state index in [0.717, 1.165) is 22.8 Å². The number of benzene rings is 1. The molecule has 0 aliphatic carbocycles. The van der Waals surface area contributed by atoms with Crippen LogP contribution in [0.25, 0.3) is 0 Å². The number of aromatic nitrogens is 2. The van der Waals surface area contributed by atoms with Crippen LogP contribution in [0.5, 0.6) is 0 Å². The minimum atomic E-state index is 0.129. The van der Waals surface area contributed by atoms with Crippen LogP contribution in [-0.4, -0.2) is 29.2 Å². The maximum absolute atomic E-state index is 5.26. The number of guanidine groups is 1. The summed E-state index contributed by atoms with van der Waals surface area (Å²) in [7, 11) is 0. The van der Waals surface area contributed by atoms with E-state index in [1.807, 2.05) is 39.0 Å². The molecule has 0 spiro atoms. The summed E-state index contributed by atoms with van der Waals surface area (Å²) in [5, 5.41) is 10.7. The molecule has 1 atom stereocenters. The van der Waals surface area contributed by atoms with E-state index in [9.17, 15) is 0 Å². The Morgan fingerprint density at radius 3 is 2.68 bits per heavy atom. The van der Waals surface area contributed by atoms with E-state index in [0.29, 0.717) is 18.9 Å². The smallest absolute Gasteiger partial charge is 0.228 e. The van der Waals surface area contributed by atoms with Gasteiger partial charge >= 0.3 is 0 Å². The first-order valence-corrected chi connectivity index (χ1v) is 9.42. The van der Waals surface area contributed by atoms with Crippen LogP contribution in [0.3, 0.4) is 0 Å². The van der Waals surface area contributed by atoms with Gasteiger partial charge in [-0.3, -0.25) is 4.99 Å². The third-order valence-corrected chi connectivity index (χ3v) is 4.39. The fourth-order valence-corrected chi connectivity index (χ4v) is 2.92. The molecule has 0 amide bonds. The Labute approximate surface area is 157 Å².